The van der Waals surface area contributed by atoms with E-state index < -0.39 is 0 Å². The van der Waals surface area contributed by atoms with Crippen LogP contribution in [0.2, 0.25) is 0 Å². The number of amides is 1. The highest BCUT2D eigenvalue weighted by Gasteiger charge is 2.24. The molecule has 0 fully saturated rings. The van der Waals surface area contributed by atoms with Crippen molar-refractivity contribution >= 4 is 16.8 Å². The van der Waals surface area contributed by atoms with Gasteiger partial charge in [-0.05, 0) is 38.3 Å². The lowest BCUT2D eigenvalue weighted by Crippen LogP contribution is -2.31. The molecule has 6 heteroatoms. The van der Waals surface area contributed by atoms with Crippen molar-refractivity contribution in [2.24, 2.45) is 7.05 Å². The van der Waals surface area contributed by atoms with Gasteiger partial charge < -0.3 is 5.32 Å². The van der Waals surface area contributed by atoms with Crippen molar-refractivity contribution < 1.29 is 4.79 Å². The summed E-state index contributed by atoms with van der Waals surface area (Å²) in [6, 6.07) is 6.35. The van der Waals surface area contributed by atoms with E-state index in [-0.39, 0.29) is 11.9 Å². The van der Waals surface area contributed by atoms with Crippen LogP contribution < -0.4 is 5.32 Å². The number of aromatic nitrogens is 4. The third-order valence-electron chi connectivity index (χ3n) is 5.06. The van der Waals surface area contributed by atoms with Gasteiger partial charge in [-0.2, -0.15) is 10.2 Å². The average molecular weight is 337 g/mol. The van der Waals surface area contributed by atoms with E-state index in [9.17, 15) is 4.79 Å². The fourth-order valence-electron chi connectivity index (χ4n) is 3.71. The Balaban J connectivity index is 1.41. The molecule has 6 nitrogen and oxygen atoms in total. The number of hydrogen-bond acceptors (Lipinski definition) is 3. The van der Waals surface area contributed by atoms with E-state index in [1.165, 1.54) is 16.8 Å². The molecule has 1 aromatic carbocycles. The molecule has 25 heavy (non-hydrogen) atoms. The second kappa shape index (κ2) is 6.35. The van der Waals surface area contributed by atoms with Crippen molar-refractivity contribution in [1.82, 2.24) is 24.9 Å². The third-order valence-corrected chi connectivity index (χ3v) is 5.06. The molecule has 2 heterocycles. The van der Waals surface area contributed by atoms with E-state index >= 15 is 0 Å². The Labute approximate surface area is 146 Å². The summed E-state index contributed by atoms with van der Waals surface area (Å²) in [5.74, 6) is 0.0671. The van der Waals surface area contributed by atoms with Crippen molar-refractivity contribution in [3.05, 3.63) is 47.4 Å². The molecule has 0 bridgehead atoms. The van der Waals surface area contributed by atoms with Gasteiger partial charge in [-0.1, -0.05) is 11.6 Å². The van der Waals surface area contributed by atoms with E-state index in [0.717, 1.165) is 30.2 Å². The number of hydrogen-bond donors (Lipinski definition) is 1. The maximum absolute atomic E-state index is 12.4. The van der Waals surface area contributed by atoms with E-state index in [1.54, 1.807) is 0 Å². The van der Waals surface area contributed by atoms with Crippen molar-refractivity contribution in [2.75, 3.05) is 0 Å². The van der Waals surface area contributed by atoms with Crippen LogP contribution in [-0.2, 0) is 24.8 Å². The first kappa shape index (κ1) is 15.9. The Morgan fingerprint density at radius 3 is 3.08 bits per heavy atom. The maximum Gasteiger partial charge on any atom is 0.222 e. The molecule has 1 aliphatic carbocycles. The zero-order chi connectivity index (χ0) is 17.4. The first-order chi connectivity index (χ1) is 12.1. The number of benzene rings is 1. The topological polar surface area (TPSA) is 64.7 Å². The molecule has 0 saturated heterocycles. The third kappa shape index (κ3) is 3.04. The Morgan fingerprint density at radius 1 is 1.32 bits per heavy atom. The van der Waals surface area contributed by atoms with Gasteiger partial charge in [0.2, 0.25) is 5.91 Å². The zero-order valence-electron chi connectivity index (χ0n) is 14.7. The number of fused-ring (bicyclic) bond motifs is 2. The molecule has 4 rings (SSSR count). The number of aryl methyl sites for hydroxylation is 3. The molecule has 1 atom stereocenters. The summed E-state index contributed by atoms with van der Waals surface area (Å²) in [7, 11) is 1.97. The van der Waals surface area contributed by atoms with E-state index in [0.29, 0.717) is 13.0 Å². The van der Waals surface area contributed by atoms with Crippen LogP contribution in [0.5, 0.6) is 0 Å². The van der Waals surface area contributed by atoms with Crippen molar-refractivity contribution in [3.8, 4) is 0 Å². The molecule has 0 saturated carbocycles. The van der Waals surface area contributed by atoms with Gasteiger partial charge in [0.05, 0.1) is 30.5 Å². The highest BCUT2D eigenvalue weighted by Crippen LogP contribution is 2.29. The molecule has 0 spiro atoms. The fourth-order valence-corrected chi connectivity index (χ4v) is 3.71. The smallest absolute Gasteiger partial charge is 0.222 e. The summed E-state index contributed by atoms with van der Waals surface area (Å²) in [5.41, 5.74) is 4.70. The number of nitrogens with zero attached hydrogens (tertiary/aromatic N) is 4. The number of carbonyl (C=O) groups is 1. The standard InChI is InChI=1S/C19H23N5O/c1-13-6-7-17-14(10-13)11-21-24(17)9-8-19(25)22-16-4-3-5-18-15(16)12-20-23(18)2/h6-7,10-12,16H,3-5,8-9H2,1-2H3,(H,22,25)/t16-/m0/s1. The first-order valence-electron chi connectivity index (χ1n) is 8.84. The lowest BCUT2D eigenvalue weighted by Gasteiger charge is -2.23. The van der Waals surface area contributed by atoms with E-state index in [2.05, 4.69) is 40.6 Å². The molecule has 0 radical (unpaired) electrons. The fraction of sp³-hybridized carbons (Fsp3) is 0.421. The normalized spacial score (nSPS) is 16.8. The van der Waals surface area contributed by atoms with Crippen LogP contribution in [0.15, 0.2) is 30.6 Å². The lowest BCUT2D eigenvalue weighted by atomic mass is 9.93. The van der Waals surface area contributed by atoms with Gasteiger partial charge in [0.25, 0.3) is 0 Å². The van der Waals surface area contributed by atoms with Crippen LogP contribution in [0.1, 0.15) is 42.1 Å². The molecule has 1 N–H and O–H groups in total. The largest absolute Gasteiger partial charge is 0.349 e. The molecule has 3 aromatic rings. The van der Waals surface area contributed by atoms with Crippen LogP contribution >= 0.6 is 0 Å². The molecule has 0 aliphatic heterocycles. The van der Waals surface area contributed by atoms with Gasteiger partial charge >= 0.3 is 0 Å². The van der Waals surface area contributed by atoms with Crippen LogP contribution in [0, 0.1) is 6.92 Å². The van der Waals surface area contributed by atoms with Gasteiger partial charge in [0.15, 0.2) is 0 Å². The minimum absolute atomic E-state index is 0.0671. The molecule has 0 unspecified atom stereocenters. The Bertz CT molecular complexity index is 923. The van der Waals surface area contributed by atoms with Crippen LogP contribution in [0.4, 0.5) is 0 Å². The Hall–Kier alpha value is -2.63. The van der Waals surface area contributed by atoms with Gasteiger partial charge in [-0.25, -0.2) is 0 Å². The van der Waals surface area contributed by atoms with Crippen molar-refractivity contribution in [2.45, 2.75) is 45.2 Å². The monoisotopic (exact) mass is 337 g/mol. The highest BCUT2D eigenvalue weighted by atomic mass is 16.1. The van der Waals surface area contributed by atoms with Crippen LogP contribution in [0.3, 0.4) is 0 Å². The number of nitrogens with one attached hydrogen (secondary N) is 1. The molecule has 2 aromatic heterocycles. The summed E-state index contributed by atoms with van der Waals surface area (Å²) >= 11 is 0. The minimum Gasteiger partial charge on any atom is -0.349 e. The second-order valence-corrected chi connectivity index (χ2v) is 6.86. The molecular formula is C19H23N5O. The van der Waals surface area contributed by atoms with Gasteiger partial charge in [0.1, 0.15) is 0 Å². The Kier molecular flexibility index (Phi) is 4.03. The highest BCUT2D eigenvalue weighted by molar-refractivity contribution is 5.80. The summed E-state index contributed by atoms with van der Waals surface area (Å²) in [5, 5.41) is 13.0. The van der Waals surface area contributed by atoms with Crippen molar-refractivity contribution in [3.63, 3.8) is 0 Å². The summed E-state index contributed by atoms with van der Waals surface area (Å²) in [4.78, 5) is 12.4. The average Bonchev–Trinajstić information content (AvgIpc) is 3.17. The quantitative estimate of drug-likeness (QED) is 0.796. The molecule has 1 aliphatic rings. The van der Waals surface area contributed by atoms with Crippen LogP contribution in [0.25, 0.3) is 10.9 Å². The van der Waals surface area contributed by atoms with E-state index in [4.69, 9.17) is 0 Å². The first-order valence-corrected chi connectivity index (χ1v) is 8.84. The van der Waals surface area contributed by atoms with Gasteiger partial charge in [-0.3, -0.25) is 14.2 Å². The molecular weight excluding hydrogens is 314 g/mol. The lowest BCUT2D eigenvalue weighted by molar-refractivity contribution is -0.122. The SMILES string of the molecule is Cc1ccc2c(cnn2CCC(=O)N[C@H]2CCCc3c2cnn3C)c1. The molecule has 1 amide bonds. The van der Waals surface area contributed by atoms with Crippen LogP contribution in [-0.4, -0.2) is 25.5 Å². The van der Waals surface area contributed by atoms with E-state index in [1.807, 2.05) is 28.8 Å². The summed E-state index contributed by atoms with van der Waals surface area (Å²) < 4.78 is 3.83. The number of carbonyl (C=O) groups excluding carboxylic acids is 1. The van der Waals surface area contributed by atoms with Gasteiger partial charge in [-0.15, -0.1) is 0 Å². The summed E-state index contributed by atoms with van der Waals surface area (Å²) in [6.45, 7) is 2.66. The molecule has 130 valence electrons. The van der Waals surface area contributed by atoms with Gasteiger partial charge in [0, 0.05) is 30.1 Å². The van der Waals surface area contributed by atoms with Crippen molar-refractivity contribution in [1.29, 1.82) is 0 Å². The number of rotatable bonds is 4. The maximum atomic E-state index is 12.4. The Morgan fingerprint density at radius 2 is 2.20 bits per heavy atom. The second-order valence-electron chi connectivity index (χ2n) is 6.86. The predicted octanol–water partition coefficient (Wildman–Crippen LogP) is 2.66. The predicted molar refractivity (Wildman–Crippen MR) is 96.1 cm³/mol. The zero-order valence-corrected chi connectivity index (χ0v) is 14.7. The summed E-state index contributed by atoms with van der Waals surface area (Å²) in [6.07, 6.45) is 7.29. The minimum atomic E-state index is 0.0671.